The molecule has 1 heterocycles. The van der Waals surface area contributed by atoms with Crippen molar-refractivity contribution in [3.63, 3.8) is 0 Å². The third-order valence-electron chi connectivity index (χ3n) is 5.52. The zero-order chi connectivity index (χ0) is 17.3. The number of aromatic nitrogens is 1. The van der Waals surface area contributed by atoms with Crippen LogP contribution in [0.25, 0.3) is 0 Å². The predicted octanol–water partition coefficient (Wildman–Crippen LogP) is 3.75. The number of aliphatic hydroxyl groups excluding tert-OH is 1. The fourth-order valence-corrected chi connectivity index (χ4v) is 3.81. The largest absolute Gasteiger partial charge is 0.396 e. The van der Waals surface area contributed by atoms with Gasteiger partial charge in [-0.2, -0.15) is 0 Å². The van der Waals surface area contributed by atoms with Crippen molar-refractivity contribution >= 4 is 11.5 Å². The quantitative estimate of drug-likeness (QED) is 0.809. The van der Waals surface area contributed by atoms with Crippen molar-refractivity contribution in [3.8, 4) is 0 Å². The third-order valence-corrected chi connectivity index (χ3v) is 5.52. The van der Waals surface area contributed by atoms with Crippen molar-refractivity contribution in [1.82, 2.24) is 4.98 Å². The lowest BCUT2D eigenvalue weighted by Crippen LogP contribution is -2.19. The van der Waals surface area contributed by atoms with E-state index in [0.717, 1.165) is 30.5 Å². The monoisotopic (exact) mass is 326 g/mol. The van der Waals surface area contributed by atoms with Gasteiger partial charge in [-0.1, -0.05) is 24.1 Å². The lowest BCUT2D eigenvalue weighted by Gasteiger charge is -2.17. The molecule has 0 bridgehead atoms. The Balaban J connectivity index is 1.77. The van der Waals surface area contributed by atoms with E-state index in [1.54, 1.807) is 12.4 Å². The number of carbonyl (C=O) groups excluding carboxylic acids is 1. The maximum Gasteiger partial charge on any atom is 0.192 e. The molecule has 0 saturated heterocycles. The van der Waals surface area contributed by atoms with Crippen LogP contribution in [0.4, 0.5) is 5.69 Å². The summed E-state index contributed by atoms with van der Waals surface area (Å²) < 4.78 is 0. The maximum absolute atomic E-state index is 12.9. The van der Waals surface area contributed by atoms with Gasteiger partial charge in [0.15, 0.2) is 5.78 Å². The van der Waals surface area contributed by atoms with E-state index < -0.39 is 0 Å². The van der Waals surface area contributed by atoms with Crippen LogP contribution in [0, 0.1) is 11.8 Å². The molecule has 24 heavy (non-hydrogen) atoms. The van der Waals surface area contributed by atoms with Crippen LogP contribution in [0.5, 0.6) is 0 Å². The van der Waals surface area contributed by atoms with Crippen molar-refractivity contribution < 1.29 is 9.90 Å². The number of hydrogen-bond donors (Lipinski definition) is 2. The first-order valence-corrected chi connectivity index (χ1v) is 8.72. The third kappa shape index (κ3) is 3.29. The van der Waals surface area contributed by atoms with Crippen LogP contribution in [-0.2, 0) is 0 Å². The number of nitrogens with zero attached hydrogens (tertiary/aromatic N) is 1. The van der Waals surface area contributed by atoms with Crippen LogP contribution in [0.15, 0.2) is 41.3 Å². The molecule has 0 spiro atoms. The van der Waals surface area contributed by atoms with E-state index >= 15 is 0 Å². The Morgan fingerprint density at radius 1 is 1.38 bits per heavy atom. The van der Waals surface area contributed by atoms with E-state index in [0.29, 0.717) is 23.4 Å². The van der Waals surface area contributed by atoms with Crippen molar-refractivity contribution in [2.24, 2.45) is 11.8 Å². The number of ketones is 1. The van der Waals surface area contributed by atoms with Gasteiger partial charge in [0.25, 0.3) is 0 Å². The summed E-state index contributed by atoms with van der Waals surface area (Å²) in [5.41, 5.74) is 4.79. The minimum absolute atomic E-state index is 0.0616. The van der Waals surface area contributed by atoms with Crippen LogP contribution in [0.2, 0.25) is 0 Å². The van der Waals surface area contributed by atoms with Crippen LogP contribution in [0.1, 0.15) is 50.4 Å². The number of aliphatic hydroxyl groups is 1. The van der Waals surface area contributed by atoms with Crippen LogP contribution >= 0.6 is 0 Å². The number of Topliss-reactive ketones (excluding diaryl/α,β-unsaturated/α-hetero) is 1. The molecule has 1 aromatic heterocycles. The fraction of sp³-hybridized carbons (Fsp3) is 0.500. The highest BCUT2D eigenvalue weighted by atomic mass is 16.3. The zero-order valence-electron chi connectivity index (χ0n) is 14.7. The van der Waals surface area contributed by atoms with Gasteiger partial charge in [-0.15, -0.1) is 0 Å². The maximum atomic E-state index is 12.9. The van der Waals surface area contributed by atoms with E-state index in [1.165, 1.54) is 11.1 Å². The topological polar surface area (TPSA) is 62.2 Å². The molecule has 1 fully saturated rings. The predicted molar refractivity (Wildman–Crippen MR) is 96.0 cm³/mol. The van der Waals surface area contributed by atoms with Gasteiger partial charge in [0.1, 0.15) is 0 Å². The molecule has 1 saturated carbocycles. The summed E-state index contributed by atoms with van der Waals surface area (Å²) in [6.07, 6.45) is 8.06. The van der Waals surface area contributed by atoms with Crippen LogP contribution < -0.4 is 5.32 Å². The molecule has 0 aromatic carbocycles. The lowest BCUT2D eigenvalue weighted by atomic mass is 10.00. The first-order chi connectivity index (χ1) is 11.5. The summed E-state index contributed by atoms with van der Waals surface area (Å²) in [5.74, 6) is 0.905. The molecular formula is C20H26N2O2. The molecule has 3 atom stereocenters. The number of hydrogen-bond acceptors (Lipinski definition) is 4. The van der Waals surface area contributed by atoms with Gasteiger partial charge in [0.2, 0.25) is 0 Å². The summed E-state index contributed by atoms with van der Waals surface area (Å²) in [6, 6.07) is 2.18. The number of carbonyl (C=O) groups is 1. The summed E-state index contributed by atoms with van der Waals surface area (Å²) in [7, 11) is 0. The number of nitrogens with one attached hydrogen (secondary N) is 1. The van der Waals surface area contributed by atoms with E-state index in [2.05, 4.69) is 24.1 Å². The number of allylic oxidation sites excluding steroid dienone is 4. The second-order valence-electron chi connectivity index (χ2n) is 7.29. The highest BCUT2D eigenvalue weighted by Crippen LogP contribution is 2.34. The summed E-state index contributed by atoms with van der Waals surface area (Å²) in [5, 5.41) is 13.0. The highest BCUT2D eigenvalue weighted by molar-refractivity contribution is 6.12. The van der Waals surface area contributed by atoms with Crippen LogP contribution in [0.3, 0.4) is 0 Å². The molecule has 4 heteroatoms. The number of rotatable bonds is 5. The molecule has 2 aliphatic rings. The zero-order valence-corrected chi connectivity index (χ0v) is 14.7. The van der Waals surface area contributed by atoms with E-state index in [-0.39, 0.29) is 12.4 Å². The van der Waals surface area contributed by atoms with E-state index in [4.69, 9.17) is 0 Å². The Morgan fingerprint density at radius 3 is 2.79 bits per heavy atom. The van der Waals surface area contributed by atoms with Crippen molar-refractivity contribution in [1.29, 1.82) is 0 Å². The van der Waals surface area contributed by atoms with Crippen molar-refractivity contribution in [3.05, 3.63) is 46.8 Å². The van der Waals surface area contributed by atoms with Crippen molar-refractivity contribution in [2.45, 2.75) is 46.1 Å². The molecule has 1 aromatic rings. The van der Waals surface area contributed by atoms with Gasteiger partial charge in [0, 0.05) is 36.3 Å². The van der Waals surface area contributed by atoms with Gasteiger partial charge >= 0.3 is 0 Å². The standard InChI is InChI=1S/C20H26N2O2/c1-12-6-15(7-13(12)2)20(24)18-10-21-5-4-19(18)22-17-8-14(3)16(9-17)11-23/h4-6,10,14,16-17,23H,7-9,11H2,1-3H3,(H,21,22)/t14-,16+,17-/m0/s1. The first kappa shape index (κ1) is 16.9. The molecule has 4 nitrogen and oxygen atoms in total. The Hall–Kier alpha value is -1.94. The highest BCUT2D eigenvalue weighted by Gasteiger charge is 2.31. The molecular weight excluding hydrogens is 300 g/mol. The minimum Gasteiger partial charge on any atom is -0.396 e. The second kappa shape index (κ2) is 6.89. The average molecular weight is 326 g/mol. The van der Waals surface area contributed by atoms with Gasteiger partial charge < -0.3 is 10.4 Å². The second-order valence-corrected chi connectivity index (χ2v) is 7.29. The van der Waals surface area contributed by atoms with E-state index in [9.17, 15) is 9.90 Å². The Morgan fingerprint density at radius 2 is 2.17 bits per heavy atom. The molecule has 0 aliphatic heterocycles. The first-order valence-electron chi connectivity index (χ1n) is 8.72. The van der Waals surface area contributed by atoms with Gasteiger partial charge in [0.05, 0.1) is 5.56 Å². The molecule has 2 N–H and O–H groups in total. The van der Waals surface area contributed by atoms with Gasteiger partial charge in [-0.3, -0.25) is 9.78 Å². The summed E-state index contributed by atoms with van der Waals surface area (Å²) in [6.45, 7) is 6.54. The summed E-state index contributed by atoms with van der Waals surface area (Å²) in [4.78, 5) is 17.1. The molecule has 2 aliphatic carbocycles. The molecule has 3 rings (SSSR count). The van der Waals surface area contributed by atoms with Crippen molar-refractivity contribution in [2.75, 3.05) is 11.9 Å². The van der Waals surface area contributed by atoms with Gasteiger partial charge in [-0.25, -0.2) is 0 Å². The van der Waals surface area contributed by atoms with E-state index in [1.807, 2.05) is 19.1 Å². The smallest absolute Gasteiger partial charge is 0.192 e. The Labute approximate surface area is 143 Å². The Kier molecular flexibility index (Phi) is 4.86. The minimum atomic E-state index is 0.0616. The normalized spacial score (nSPS) is 26.7. The fourth-order valence-electron chi connectivity index (χ4n) is 3.81. The summed E-state index contributed by atoms with van der Waals surface area (Å²) >= 11 is 0. The number of pyridine rings is 1. The molecule has 0 amide bonds. The average Bonchev–Trinajstić information content (AvgIpc) is 3.09. The van der Waals surface area contributed by atoms with Gasteiger partial charge in [-0.05, 0) is 51.0 Å². The lowest BCUT2D eigenvalue weighted by molar-refractivity contribution is 0.103. The SMILES string of the molecule is CC1=C(C)CC(C(=O)c2cnccc2N[C@@H]2C[C@H](CO)[C@@H](C)C2)=C1. The number of anilines is 1. The molecule has 128 valence electrons. The molecule has 0 radical (unpaired) electrons. The van der Waals surface area contributed by atoms with Crippen LogP contribution in [-0.4, -0.2) is 28.5 Å². The molecule has 0 unspecified atom stereocenters. The Bertz CT molecular complexity index is 705.